The maximum absolute atomic E-state index is 11.5. The molecule has 0 aliphatic carbocycles. The summed E-state index contributed by atoms with van der Waals surface area (Å²) in [4.78, 5) is 33.3. The molecule has 0 spiro atoms. The van der Waals surface area contributed by atoms with E-state index in [-0.39, 0.29) is 23.8 Å². The second-order valence-corrected chi connectivity index (χ2v) is 6.19. The van der Waals surface area contributed by atoms with Crippen molar-refractivity contribution in [2.45, 2.75) is 43.0 Å². The fourth-order valence-corrected chi connectivity index (χ4v) is 3.85. The summed E-state index contributed by atoms with van der Waals surface area (Å²) >= 11 is 1.63. The van der Waals surface area contributed by atoms with Crippen molar-refractivity contribution in [3.63, 3.8) is 0 Å². The van der Waals surface area contributed by atoms with Crippen molar-refractivity contribution in [2.75, 3.05) is 20.0 Å². The lowest BCUT2D eigenvalue weighted by Gasteiger charge is -2.24. The lowest BCUT2D eigenvalue weighted by molar-refractivity contribution is -0.137. The Morgan fingerprint density at radius 1 is 1.14 bits per heavy atom. The second kappa shape index (κ2) is 9.39. The van der Waals surface area contributed by atoms with Crippen LogP contribution in [0.5, 0.6) is 0 Å². The van der Waals surface area contributed by atoms with E-state index in [0.29, 0.717) is 12.2 Å². The summed E-state index contributed by atoms with van der Waals surface area (Å²) in [6.07, 6.45) is 1.12. The lowest BCUT2D eigenvalue weighted by Crippen LogP contribution is -2.53. The number of carboxylic acid groups (broad SMARTS) is 1. The van der Waals surface area contributed by atoms with Crippen LogP contribution in [-0.4, -0.2) is 60.6 Å². The molecule has 1 saturated heterocycles. The number of carbonyl (C=O) groups is 3. The van der Waals surface area contributed by atoms with Crippen molar-refractivity contribution >= 4 is 29.9 Å². The van der Waals surface area contributed by atoms with Gasteiger partial charge in [0.25, 0.3) is 0 Å². The van der Waals surface area contributed by atoms with Crippen LogP contribution in [0.2, 0.25) is 0 Å². The first-order valence-corrected chi connectivity index (χ1v) is 8.05. The Bertz CT molecular complexity index is 406. The van der Waals surface area contributed by atoms with E-state index in [4.69, 9.17) is 5.11 Å². The molecular weight excluding hydrogens is 312 g/mol. The third-order valence-corrected chi connectivity index (χ3v) is 4.92. The van der Waals surface area contributed by atoms with Crippen LogP contribution in [0, 0.1) is 0 Å². The van der Waals surface area contributed by atoms with E-state index < -0.39 is 18.2 Å². The van der Waals surface area contributed by atoms with Gasteiger partial charge in [-0.3, -0.25) is 4.79 Å². The third-order valence-electron chi connectivity index (χ3n) is 3.41. The van der Waals surface area contributed by atoms with Gasteiger partial charge in [0.05, 0.1) is 26.3 Å². The molecule has 0 radical (unpaired) electrons. The van der Waals surface area contributed by atoms with Gasteiger partial charge in [0.15, 0.2) is 0 Å². The first kappa shape index (κ1) is 18.4. The molecule has 1 fully saturated rings. The summed E-state index contributed by atoms with van der Waals surface area (Å²) in [5, 5.41) is 14.2. The molecule has 126 valence electrons. The molecule has 0 unspecified atom stereocenters. The fourth-order valence-electron chi connectivity index (χ4n) is 2.31. The van der Waals surface area contributed by atoms with Gasteiger partial charge in [-0.25, -0.2) is 9.59 Å². The van der Waals surface area contributed by atoms with Crippen molar-refractivity contribution < 1.29 is 29.0 Å². The summed E-state index contributed by atoms with van der Waals surface area (Å²) in [6, 6.07) is -0.526. The summed E-state index contributed by atoms with van der Waals surface area (Å²) in [6.45, 7) is 0. The normalized spacial score (nSPS) is 23.6. The number of nitrogens with one attached hydrogen (secondary N) is 2. The van der Waals surface area contributed by atoms with Gasteiger partial charge >= 0.3 is 18.2 Å². The summed E-state index contributed by atoms with van der Waals surface area (Å²) in [7, 11) is 2.56. The molecule has 2 amide bonds. The minimum atomic E-state index is -0.812. The first-order chi connectivity index (χ1) is 10.5. The van der Waals surface area contributed by atoms with E-state index in [0.717, 1.165) is 12.8 Å². The van der Waals surface area contributed by atoms with E-state index in [2.05, 4.69) is 20.1 Å². The number of aliphatic carboxylic acids is 1. The highest BCUT2D eigenvalue weighted by Crippen LogP contribution is 2.31. The number of methoxy groups -OCH3 is 2. The molecule has 0 aromatic heterocycles. The zero-order valence-electron chi connectivity index (χ0n) is 12.7. The van der Waals surface area contributed by atoms with Crippen molar-refractivity contribution in [1.82, 2.24) is 10.6 Å². The topological polar surface area (TPSA) is 114 Å². The Hall–Kier alpha value is -1.64. The van der Waals surface area contributed by atoms with Crippen molar-refractivity contribution in [2.24, 2.45) is 0 Å². The number of hydrogen-bond donors (Lipinski definition) is 3. The van der Waals surface area contributed by atoms with Crippen LogP contribution < -0.4 is 10.6 Å². The smallest absolute Gasteiger partial charge is 0.407 e. The Morgan fingerprint density at radius 3 is 2.36 bits per heavy atom. The van der Waals surface area contributed by atoms with E-state index >= 15 is 0 Å². The maximum atomic E-state index is 11.5. The monoisotopic (exact) mass is 334 g/mol. The van der Waals surface area contributed by atoms with Gasteiger partial charge in [-0.05, 0) is 12.8 Å². The lowest BCUT2D eigenvalue weighted by atomic mass is 10.0. The highest BCUT2D eigenvalue weighted by atomic mass is 32.2. The Labute approximate surface area is 133 Å². The highest BCUT2D eigenvalue weighted by Gasteiger charge is 2.38. The molecule has 3 atom stereocenters. The number of thioether (sulfide) groups is 1. The number of carboxylic acids is 1. The van der Waals surface area contributed by atoms with Crippen molar-refractivity contribution in [1.29, 1.82) is 0 Å². The molecule has 0 bridgehead atoms. The van der Waals surface area contributed by atoms with E-state index in [1.807, 2.05) is 0 Å². The van der Waals surface area contributed by atoms with Crippen LogP contribution in [0.25, 0.3) is 0 Å². The van der Waals surface area contributed by atoms with E-state index in [9.17, 15) is 14.4 Å². The van der Waals surface area contributed by atoms with Gasteiger partial charge in [0.1, 0.15) is 0 Å². The maximum Gasteiger partial charge on any atom is 0.407 e. The van der Waals surface area contributed by atoms with Gasteiger partial charge < -0.3 is 25.2 Å². The van der Waals surface area contributed by atoms with Crippen LogP contribution in [-0.2, 0) is 14.3 Å². The molecule has 0 saturated carbocycles. The number of unbranched alkanes of at least 4 members (excludes halogenated alkanes) is 1. The number of rotatable bonds is 7. The number of carbonyl (C=O) groups excluding carboxylic acids is 2. The fraction of sp³-hybridized carbons (Fsp3) is 0.769. The molecule has 0 aromatic carbocycles. The van der Waals surface area contributed by atoms with Crippen molar-refractivity contribution in [3.8, 4) is 0 Å². The molecule has 8 nitrogen and oxygen atoms in total. The van der Waals surface area contributed by atoms with E-state index in [1.54, 1.807) is 11.8 Å². The number of alkyl carbamates (subject to hydrolysis) is 2. The molecule has 0 aromatic rings. The van der Waals surface area contributed by atoms with Crippen molar-refractivity contribution in [3.05, 3.63) is 0 Å². The molecule has 1 aliphatic rings. The van der Waals surface area contributed by atoms with Gasteiger partial charge in [-0.2, -0.15) is 11.8 Å². The minimum absolute atomic E-state index is 0.0926. The Balaban J connectivity index is 2.55. The van der Waals surface area contributed by atoms with E-state index in [1.165, 1.54) is 14.2 Å². The standard InChI is InChI=1S/C13H22N2O6S/c1-20-12(18)14-8-7-22-9(5-3-4-6-10(16)17)11(8)15-13(19)21-2/h8-9,11H,3-7H2,1-2H3,(H,14,18)(H,15,19)(H,16,17)/t8-,9+,11+/m1/s1. The number of hydrogen-bond acceptors (Lipinski definition) is 6. The molecule has 9 heteroatoms. The molecule has 1 aliphatic heterocycles. The molecule has 1 rings (SSSR count). The zero-order valence-corrected chi connectivity index (χ0v) is 13.5. The predicted molar refractivity (Wildman–Crippen MR) is 81.0 cm³/mol. The SMILES string of the molecule is COC(=O)N[C@@H]1[C@H](CCCCC(=O)O)SC[C@H]1NC(=O)OC. The van der Waals surface area contributed by atoms with Crippen LogP contribution in [0.3, 0.4) is 0 Å². The summed E-state index contributed by atoms with van der Waals surface area (Å²) < 4.78 is 9.20. The minimum Gasteiger partial charge on any atom is -0.481 e. The van der Waals surface area contributed by atoms with Gasteiger partial charge in [0, 0.05) is 17.4 Å². The second-order valence-electron chi connectivity index (χ2n) is 4.92. The third kappa shape index (κ3) is 6.00. The zero-order chi connectivity index (χ0) is 16.5. The molecule has 3 N–H and O–H groups in total. The molecular formula is C13H22N2O6S. The predicted octanol–water partition coefficient (Wildman–Crippen LogP) is 1.20. The Kier molecular flexibility index (Phi) is 7.86. The van der Waals surface area contributed by atoms with Crippen LogP contribution in [0.1, 0.15) is 25.7 Å². The highest BCUT2D eigenvalue weighted by molar-refractivity contribution is 8.00. The van der Waals surface area contributed by atoms with Gasteiger partial charge in [0.2, 0.25) is 0 Å². The first-order valence-electron chi connectivity index (χ1n) is 7.00. The van der Waals surface area contributed by atoms with Gasteiger partial charge in [-0.1, -0.05) is 6.42 Å². The largest absolute Gasteiger partial charge is 0.481 e. The number of ether oxygens (including phenoxy) is 2. The number of amides is 2. The summed E-state index contributed by atoms with van der Waals surface area (Å²) in [5.74, 6) is -0.165. The van der Waals surface area contributed by atoms with Crippen LogP contribution in [0.4, 0.5) is 9.59 Å². The van der Waals surface area contributed by atoms with Gasteiger partial charge in [-0.15, -0.1) is 0 Å². The Morgan fingerprint density at radius 2 is 1.77 bits per heavy atom. The van der Waals surface area contributed by atoms with Crippen LogP contribution in [0.15, 0.2) is 0 Å². The quantitative estimate of drug-likeness (QED) is 0.599. The van der Waals surface area contributed by atoms with Crippen LogP contribution >= 0.6 is 11.8 Å². The summed E-state index contributed by atoms with van der Waals surface area (Å²) in [5.41, 5.74) is 0. The average molecular weight is 334 g/mol. The average Bonchev–Trinajstić information content (AvgIpc) is 2.85. The molecule has 22 heavy (non-hydrogen) atoms. The molecule has 1 heterocycles.